The summed E-state index contributed by atoms with van der Waals surface area (Å²) in [7, 11) is 0. The molecule has 144 valence electrons. The van der Waals surface area contributed by atoms with E-state index in [0.29, 0.717) is 13.2 Å². The third kappa shape index (κ3) is 5.44. The summed E-state index contributed by atoms with van der Waals surface area (Å²) in [5.74, 6) is -2.25. The highest BCUT2D eigenvalue weighted by atomic mass is 16.7. The van der Waals surface area contributed by atoms with Crippen LogP contribution in [0.5, 0.6) is 5.75 Å². The summed E-state index contributed by atoms with van der Waals surface area (Å²) in [6.45, 7) is 6.05. The number of phenols is 1. The van der Waals surface area contributed by atoms with Crippen LogP contribution in [0.1, 0.15) is 45.6 Å². The van der Waals surface area contributed by atoms with Crippen LogP contribution in [0.2, 0.25) is 0 Å². The van der Waals surface area contributed by atoms with Crippen molar-refractivity contribution in [1.82, 2.24) is 0 Å². The summed E-state index contributed by atoms with van der Waals surface area (Å²) in [6.07, 6.45) is 2.46. The predicted octanol–water partition coefficient (Wildman–Crippen LogP) is 3.16. The van der Waals surface area contributed by atoms with Gasteiger partial charge >= 0.3 is 5.97 Å². The van der Waals surface area contributed by atoms with Crippen LogP contribution in [0.4, 0.5) is 0 Å². The van der Waals surface area contributed by atoms with Crippen LogP contribution >= 0.6 is 0 Å². The van der Waals surface area contributed by atoms with Gasteiger partial charge in [-0.15, -0.1) is 0 Å². The van der Waals surface area contributed by atoms with E-state index in [1.807, 2.05) is 13.8 Å². The molecule has 1 aromatic carbocycles. The Labute approximate surface area is 153 Å². The average molecular weight is 365 g/mol. The summed E-state index contributed by atoms with van der Waals surface area (Å²) in [6, 6.07) is 6.79. The average Bonchev–Trinajstić information content (AvgIpc) is 2.60. The largest absolute Gasteiger partial charge is 0.508 e. The third-order valence-electron chi connectivity index (χ3n) is 4.58. The van der Waals surface area contributed by atoms with Crippen LogP contribution in [0.25, 0.3) is 0 Å². The molecule has 1 aliphatic heterocycles. The first-order chi connectivity index (χ1) is 12.3. The molecule has 2 rings (SSSR count). The van der Waals surface area contributed by atoms with Crippen molar-refractivity contribution in [2.75, 3.05) is 13.2 Å². The molecule has 3 unspecified atom stereocenters. The van der Waals surface area contributed by atoms with Gasteiger partial charge in [0.1, 0.15) is 12.4 Å². The highest BCUT2D eigenvalue weighted by Gasteiger charge is 2.43. The SMILES string of the molecule is CC(=NOCCCCC1COC(C)(C(=O)O)OC1C)c1ccc(O)cc1. The maximum Gasteiger partial charge on any atom is 0.364 e. The molecule has 1 saturated heterocycles. The molecule has 0 aliphatic carbocycles. The van der Waals surface area contributed by atoms with Gasteiger partial charge in [-0.2, -0.15) is 0 Å². The molecule has 7 nitrogen and oxygen atoms in total. The van der Waals surface area contributed by atoms with Crippen LogP contribution in [0.15, 0.2) is 29.4 Å². The molecule has 0 amide bonds. The molecule has 1 aromatic rings. The van der Waals surface area contributed by atoms with Crippen molar-refractivity contribution in [1.29, 1.82) is 0 Å². The second kappa shape index (κ2) is 9.00. The molecule has 1 fully saturated rings. The molecule has 0 spiro atoms. The summed E-state index contributed by atoms with van der Waals surface area (Å²) < 4.78 is 10.9. The molecule has 1 heterocycles. The topological polar surface area (TPSA) is 97.6 Å². The third-order valence-corrected chi connectivity index (χ3v) is 4.58. The molecular formula is C19H27NO6. The van der Waals surface area contributed by atoms with E-state index in [1.54, 1.807) is 24.3 Å². The minimum Gasteiger partial charge on any atom is -0.508 e. The number of hydrogen-bond donors (Lipinski definition) is 2. The fourth-order valence-electron chi connectivity index (χ4n) is 2.79. The molecule has 0 bridgehead atoms. The van der Waals surface area contributed by atoms with Crippen LogP contribution < -0.4 is 0 Å². The number of ether oxygens (including phenoxy) is 2. The summed E-state index contributed by atoms with van der Waals surface area (Å²) >= 11 is 0. The molecule has 1 aliphatic rings. The first-order valence-electron chi connectivity index (χ1n) is 8.83. The van der Waals surface area contributed by atoms with Gasteiger partial charge in [0.2, 0.25) is 0 Å². The zero-order chi connectivity index (χ0) is 19.2. The maximum absolute atomic E-state index is 11.1. The Morgan fingerprint density at radius 3 is 2.65 bits per heavy atom. The van der Waals surface area contributed by atoms with Gasteiger partial charge in [-0.25, -0.2) is 4.79 Å². The summed E-state index contributed by atoms with van der Waals surface area (Å²) in [5.41, 5.74) is 1.65. The molecule has 2 N–H and O–H groups in total. The lowest BCUT2D eigenvalue weighted by Crippen LogP contribution is -2.51. The molecule has 0 aromatic heterocycles. The predicted molar refractivity (Wildman–Crippen MR) is 96.2 cm³/mol. The van der Waals surface area contributed by atoms with Crippen LogP contribution in [0, 0.1) is 5.92 Å². The van der Waals surface area contributed by atoms with Gasteiger partial charge in [-0.1, -0.05) is 5.16 Å². The second-order valence-electron chi connectivity index (χ2n) is 6.70. The number of carboxylic acid groups (broad SMARTS) is 1. The number of benzene rings is 1. The van der Waals surface area contributed by atoms with Crippen LogP contribution in [-0.2, 0) is 19.1 Å². The number of oxime groups is 1. The number of nitrogens with zero attached hydrogens (tertiary/aromatic N) is 1. The van der Waals surface area contributed by atoms with E-state index in [4.69, 9.17) is 19.4 Å². The number of hydrogen-bond acceptors (Lipinski definition) is 6. The fourth-order valence-corrected chi connectivity index (χ4v) is 2.79. The number of phenolic OH excluding ortho intramolecular Hbond substituents is 1. The Morgan fingerprint density at radius 1 is 1.35 bits per heavy atom. The van der Waals surface area contributed by atoms with E-state index < -0.39 is 11.8 Å². The van der Waals surface area contributed by atoms with Crippen molar-refractivity contribution in [3.05, 3.63) is 29.8 Å². The van der Waals surface area contributed by atoms with E-state index in [9.17, 15) is 9.90 Å². The van der Waals surface area contributed by atoms with Crippen molar-refractivity contribution in [3.8, 4) is 5.75 Å². The lowest BCUT2D eigenvalue weighted by atomic mass is 9.96. The van der Waals surface area contributed by atoms with E-state index in [1.165, 1.54) is 6.92 Å². The van der Waals surface area contributed by atoms with Crippen LogP contribution in [-0.4, -0.2) is 47.0 Å². The van der Waals surface area contributed by atoms with Gasteiger partial charge in [0.25, 0.3) is 5.79 Å². The molecule has 0 saturated carbocycles. The maximum atomic E-state index is 11.1. The molecule has 3 atom stereocenters. The quantitative estimate of drug-likeness (QED) is 0.417. The van der Waals surface area contributed by atoms with Gasteiger partial charge < -0.3 is 24.5 Å². The standard InChI is InChI=1S/C19H27NO6/c1-13(15-7-9-17(21)10-8-15)20-25-11-5-4-6-16-12-24-19(3,18(22)23)26-14(16)2/h7-10,14,16,21H,4-6,11-12H2,1-3H3,(H,22,23). The number of aliphatic carboxylic acids is 1. The van der Waals surface area contributed by atoms with E-state index in [2.05, 4.69) is 5.16 Å². The minimum atomic E-state index is -1.54. The monoisotopic (exact) mass is 365 g/mol. The molecular weight excluding hydrogens is 338 g/mol. The lowest BCUT2D eigenvalue weighted by molar-refractivity contribution is -0.292. The fraction of sp³-hybridized carbons (Fsp3) is 0.579. The Hall–Kier alpha value is -2.12. The summed E-state index contributed by atoms with van der Waals surface area (Å²) in [4.78, 5) is 16.5. The lowest BCUT2D eigenvalue weighted by Gasteiger charge is -2.39. The van der Waals surface area contributed by atoms with E-state index in [0.717, 1.165) is 30.5 Å². The van der Waals surface area contributed by atoms with Crippen molar-refractivity contribution in [3.63, 3.8) is 0 Å². The first-order valence-corrected chi connectivity index (χ1v) is 8.83. The molecule has 26 heavy (non-hydrogen) atoms. The van der Waals surface area contributed by atoms with E-state index >= 15 is 0 Å². The van der Waals surface area contributed by atoms with Crippen molar-refractivity contribution >= 4 is 11.7 Å². The Kier molecular flexibility index (Phi) is 6.99. The Bertz CT molecular complexity index is 629. The number of carbonyl (C=O) groups is 1. The van der Waals surface area contributed by atoms with Gasteiger partial charge in [-0.3, -0.25) is 0 Å². The number of aromatic hydroxyl groups is 1. The van der Waals surface area contributed by atoms with Gasteiger partial charge in [0.05, 0.1) is 18.4 Å². The zero-order valence-electron chi connectivity index (χ0n) is 15.5. The normalized spacial score (nSPS) is 26.5. The highest BCUT2D eigenvalue weighted by molar-refractivity contribution is 5.98. The van der Waals surface area contributed by atoms with Gasteiger partial charge in [0.15, 0.2) is 0 Å². The van der Waals surface area contributed by atoms with Crippen molar-refractivity contribution < 1.29 is 29.3 Å². The van der Waals surface area contributed by atoms with Crippen molar-refractivity contribution in [2.45, 2.75) is 51.9 Å². The highest BCUT2D eigenvalue weighted by Crippen LogP contribution is 2.29. The first kappa shape index (κ1) is 20.2. The number of rotatable bonds is 8. The van der Waals surface area contributed by atoms with Crippen molar-refractivity contribution in [2.24, 2.45) is 11.1 Å². The van der Waals surface area contributed by atoms with Crippen LogP contribution in [0.3, 0.4) is 0 Å². The number of carboxylic acids is 1. The Balaban J connectivity index is 1.66. The number of unbranched alkanes of at least 4 members (excludes halogenated alkanes) is 1. The van der Waals surface area contributed by atoms with Gasteiger partial charge in [0, 0.05) is 12.8 Å². The minimum absolute atomic E-state index is 0.166. The Morgan fingerprint density at radius 2 is 2.04 bits per heavy atom. The summed E-state index contributed by atoms with van der Waals surface area (Å²) in [5, 5.41) is 22.5. The smallest absolute Gasteiger partial charge is 0.364 e. The molecule has 7 heteroatoms. The zero-order valence-corrected chi connectivity index (χ0v) is 15.5. The van der Waals surface area contributed by atoms with E-state index in [-0.39, 0.29) is 17.8 Å². The molecule has 0 radical (unpaired) electrons. The van der Waals surface area contributed by atoms with Gasteiger partial charge in [-0.05, 0) is 62.9 Å². The second-order valence-corrected chi connectivity index (χ2v) is 6.70.